The number of alkyl halides is 3. The molecule has 0 amide bonds. The van der Waals surface area contributed by atoms with E-state index < -0.39 is 42.9 Å². The van der Waals surface area contributed by atoms with E-state index in [0.717, 1.165) is 12.3 Å². The molecule has 0 saturated carbocycles. The molecule has 5 heterocycles. The van der Waals surface area contributed by atoms with Crippen molar-refractivity contribution in [2.75, 3.05) is 29.9 Å². The summed E-state index contributed by atoms with van der Waals surface area (Å²) in [6.45, 7) is 0.649. The molecular formula is C20H22F3N7O4. The summed E-state index contributed by atoms with van der Waals surface area (Å²) in [5.74, 6) is 0.904. The molecule has 3 aromatic rings. The Morgan fingerprint density at radius 2 is 1.94 bits per heavy atom. The van der Waals surface area contributed by atoms with E-state index in [1.54, 1.807) is 0 Å². The normalized spacial score (nSPS) is 27.6. The van der Waals surface area contributed by atoms with Crippen molar-refractivity contribution in [2.45, 2.75) is 43.2 Å². The van der Waals surface area contributed by atoms with Gasteiger partial charge in [0.05, 0.1) is 18.5 Å². The average molecular weight is 481 g/mol. The molecule has 0 unspecified atom stereocenters. The number of hydrogen-bond donors (Lipinski definition) is 4. The minimum absolute atomic E-state index is 0.0683. The van der Waals surface area contributed by atoms with Gasteiger partial charge in [0, 0.05) is 25.3 Å². The van der Waals surface area contributed by atoms with E-state index in [0.29, 0.717) is 42.3 Å². The van der Waals surface area contributed by atoms with Gasteiger partial charge in [-0.3, -0.25) is 4.57 Å². The van der Waals surface area contributed by atoms with Gasteiger partial charge in [-0.15, -0.1) is 0 Å². The van der Waals surface area contributed by atoms with E-state index in [1.807, 2.05) is 4.90 Å². The molecule has 2 aliphatic heterocycles. The third-order valence-corrected chi connectivity index (χ3v) is 6.08. The van der Waals surface area contributed by atoms with Crippen molar-refractivity contribution in [3.8, 4) is 0 Å². The molecule has 0 aromatic carbocycles. The summed E-state index contributed by atoms with van der Waals surface area (Å²) in [5, 5.41) is 33.0. The zero-order valence-electron chi connectivity index (χ0n) is 17.7. The van der Waals surface area contributed by atoms with Crippen LogP contribution in [0, 0.1) is 0 Å². The second-order valence-corrected chi connectivity index (χ2v) is 8.25. The second-order valence-electron chi connectivity index (χ2n) is 8.25. The topological polar surface area (TPSA) is 142 Å². The van der Waals surface area contributed by atoms with E-state index in [-0.39, 0.29) is 6.04 Å². The first-order valence-corrected chi connectivity index (χ1v) is 10.6. The molecule has 34 heavy (non-hydrogen) atoms. The van der Waals surface area contributed by atoms with Crippen molar-refractivity contribution in [1.82, 2.24) is 24.5 Å². The maximum atomic E-state index is 12.8. The minimum atomic E-state index is -4.43. The van der Waals surface area contributed by atoms with Crippen LogP contribution in [-0.2, 0) is 10.9 Å². The molecule has 14 heteroatoms. The number of fused-ring (bicyclic) bond motifs is 1. The van der Waals surface area contributed by atoms with E-state index in [2.05, 4.69) is 25.3 Å². The van der Waals surface area contributed by atoms with Gasteiger partial charge >= 0.3 is 6.18 Å². The molecule has 2 saturated heterocycles. The Bertz CT molecular complexity index is 1160. The summed E-state index contributed by atoms with van der Waals surface area (Å²) >= 11 is 0. The van der Waals surface area contributed by atoms with E-state index in [4.69, 9.17) is 4.74 Å². The lowest BCUT2D eigenvalue weighted by Gasteiger charge is -2.19. The summed E-state index contributed by atoms with van der Waals surface area (Å²) in [5.41, 5.74) is -0.00350. The van der Waals surface area contributed by atoms with Crippen LogP contribution in [0.15, 0.2) is 31.0 Å². The van der Waals surface area contributed by atoms with Gasteiger partial charge in [-0.05, 0) is 18.6 Å². The summed E-state index contributed by atoms with van der Waals surface area (Å²) in [7, 11) is 0. The molecule has 0 bridgehead atoms. The quantitative estimate of drug-likeness (QED) is 0.408. The molecule has 4 N–H and O–H groups in total. The fraction of sp³-hybridized carbons (Fsp3) is 0.500. The molecule has 3 aromatic heterocycles. The lowest BCUT2D eigenvalue weighted by Crippen LogP contribution is -2.33. The fourth-order valence-corrected chi connectivity index (χ4v) is 4.27. The third kappa shape index (κ3) is 4.02. The Morgan fingerprint density at radius 3 is 2.62 bits per heavy atom. The van der Waals surface area contributed by atoms with E-state index in [1.165, 1.54) is 23.3 Å². The maximum Gasteiger partial charge on any atom is 0.417 e. The number of pyridine rings is 1. The Balaban J connectivity index is 1.31. The highest BCUT2D eigenvalue weighted by molar-refractivity contribution is 5.83. The van der Waals surface area contributed by atoms with Crippen LogP contribution in [0.25, 0.3) is 11.2 Å². The number of rotatable bonds is 5. The molecule has 2 aliphatic rings. The van der Waals surface area contributed by atoms with Crippen LogP contribution in [-0.4, -0.2) is 83.9 Å². The van der Waals surface area contributed by atoms with Gasteiger partial charge in [-0.2, -0.15) is 13.2 Å². The van der Waals surface area contributed by atoms with Gasteiger partial charge in [0.1, 0.15) is 30.5 Å². The van der Waals surface area contributed by atoms with Gasteiger partial charge < -0.3 is 30.3 Å². The largest absolute Gasteiger partial charge is 0.417 e. The monoisotopic (exact) mass is 481 g/mol. The van der Waals surface area contributed by atoms with Gasteiger partial charge in [0.15, 0.2) is 23.2 Å². The summed E-state index contributed by atoms with van der Waals surface area (Å²) in [6, 6.07) is 2.30. The molecule has 0 spiro atoms. The number of hydrogen-bond acceptors (Lipinski definition) is 10. The minimum Gasteiger partial charge on any atom is -0.394 e. The number of aliphatic hydroxyl groups is 3. The van der Waals surface area contributed by atoms with Crippen molar-refractivity contribution in [2.24, 2.45) is 0 Å². The van der Waals surface area contributed by atoms with Crippen LogP contribution < -0.4 is 10.2 Å². The highest BCUT2D eigenvalue weighted by Crippen LogP contribution is 2.33. The third-order valence-electron chi connectivity index (χ3n) is 6.08. The lowest BCUT2D eigenvalue weighted by atomic mass is 10.1. The van der Waals surface area contributed by atoms with Crippen molar-refractivity contribution in [3.63, 3.8) is 0 Å². The number of imidazole rings is 1. The smallest absolute Gasteiger partial charge is 0.394 e. The van der Waals surface area contributed by atoms with E-state index >= 15 is 0 Å². The van der Waals surface area contributed by atoms with Gasteiger partial charge in [-0.1, -0.05) is 0 Å². The van der Waals surface area contributed by atoms with Crippen LogP contribution in [0.3, 0.4) is 0 Å². The van der Waals surface area contributed by atoms with Crippen LogP contribution in [0.4, 0.5) is 24.8 Å². The summed E-state index contributed by atoms with van der Waals surface area (Å²) in [4.78, 5) is 18.7. The number of nitrogens with zero attached hydrogens (tertiary/aromatic N) is 6. The highest BCUT2D eigenvalue weighted by atomic mass is 19.4. The van der Waals surface area contributed by atoms with Gasteiger partial charge in [0.25, 0.3) is 0 Å². The molecular weight excluding hydrogens is 459 g/mol. The number of ether oxygens (including phenoxy) is 1. The fourth-order valence-electron chi connectivity index (χ4n) is 4.27. The molecule has 11 nitrogen and oxygen atoms in total. The number of aromatic nitrogens is 5. The summed E-state index contributed by atoms with van der Waals surface area (Å²) in [6.07, 6.45) is -4.60. The molecule has 0 aliphatic carbocycles. The SMILES string of the molecule is OC[C@H]1O[C@@H](n2cnc3c(N[C@H]4CCN(c5ccc(C(F)(F)F)cn5)C4)ncnc32)[C@@H](O)[C@H]1O. The van der Waals surface area contributed by atoms with Crippen LogP contribution >= 0.6 is 0 Å². The second kappa shape index (κ2) is 8.61. The number of nitrogens with one attached hydrogen (secondary N) is 1. The standard InChI is InChI=1S/C20H22F3N7O4/c21-20(22,23)10-1-2-13(24-5-10)29-4-3-11(6-29)28-17-14-18(26-8-25-17)30(9-27-14)19-16(33)15(32)12(7-31)34-19/h1-2,5,8-9,11-12,15-16,19,31-33H,3-4,6-7H2,(H,25,26,28)/t11-,12+,15-,16-,19+/m0/s1. The number of halogens is 3. The summed E-state index contributed by atoms with van der Waals surface area (Å²) < 4.78 is 45.4. The zero-order valence-corrected chi connectivity index (χ0v) is 17.7. The first-order chi connectivity index (χ1) is 16.3. The van der Waals surface area contributed by atoms with Crippen molar-refractivity contribution in [3.05, 3.63) is 36.5 Å². The molecule has 182 valence electrons. The number of anilines is 2. The Hall–Kier alpha value is -3.07. The molecule has 5 rings (SSSR count). The Morgan fingerprint density at radius 1 is 1.12 bits per heavy atom. The maximum absolute atomic E-state index is 12.8. The average Bonchev–Trinajstić information content (AvgIpc) is 3.52. The predicted molar refractivity (Wildman–Crippen MR) is 112 cm³/mol. The first kappa shape index (κ1) is 22.7. The van der Waals surface area contributed by atoms with Crippen LogP contribution in [0.5, 0.6) is 0 Å². The Labute approximate surface area is 190 Å². The molecule has 0 radical (unpaired) electrons. The van der Waals surface area contributed by atoms with Crippen molar-refractivity contribution < 1.29 is 33.2 Å². The van der Waals surface area contributed by atoms with Crippen molar-refractivity contribution >= 4 is 22.8 Å². The van der Waals surface area contributed by atoms with Gasteiger partial charge in [0.2, 0.25) is 0 Å². The first-order valence-electron chi connectivity index (χ1n) is 10.6. The Kier molecular flexibility index (Phi) is 5.75. The lowest BCUT2D eigenvalue weighted by molar-refractivity contribution is -0.137. The molecule has 2 fully saturated rings. The highest BCUT2D eigenvalue weighted by Gasteiger charge is 2.44. The number of aliphatic hydroxyl groups excluding tert-OH is 3. The van der Waals surface area contributed by atoms with Crippen LogP contribution in [0.2, 0.25) is 0 Å². The van der Waals surface area contributed by atoms with Crippen molar-refractivity contribution in [1.29, 1.82) is 0 Å². The zero-order chi connectivity index (χ0) is 24.0. The van der Waals surface area contributed by atoms with Crippen LogP contribution in [0.1, 0.15) is 18.2 Å². The predicted octanol–water partition coefficient (Wildman–Crippen LogP) is 0.542. The van der Waals surface area contributed by atoms with E-state index in [9.17, 15) is 28.5 Å². The van der Waals surface area contributed by atoms with Gasteiger partial charge in [-0.25, -0.2) is 19.9 Å². The molecule has 5 atom stereocenters.